The Morgan fingerprint density at radius 1 is 1.16 bits per heavy atom. The standard InChI is InChI=1S/C25H25NO5/c1-4-17-8-9-20-19(12-24(28)31-22(20)10-17)14-30-25(29)18-11-23(27)26(13-18)21-7-5-6-15(2)16(21)3/h5-10,12,18H,4,11,13-14H2,1-3H3/t18-/m1/s1. The summed E-state index contributed by atoms with van der Waals surface area (Å²) in [7, 11) is 0. The second-order valence-electron chi connectivity index (χ2n) is 8.01. The molecule has 0 aliphatic carbocycles. The second kappa shape index (κ2) is 8.38. The first-order chi connectivity index (χ1) is 14.9. The van der Waals surface area contributed by atoms with E-state index in [1.54, 1.807) is 4.90 Å². The lowest BCUT2D eigenvalue weighted by Gasteiger charge is -2.20. The van der Waals surface area contributed by atoms with Crippen molar-refractivity contribution in [1.82, 2.24) is 0 Å². The van der Waals surface area contributed by atoms with Crippen molar-refractivity contribution in [3.8, 4) is 0 Å². The zero-order valence-electron chi connectivity index (χ0n) is 17.9. The summed E-state index contributed by atoms with van der Waals surface area (Å²) in [5, 5.41) is 0.740. The van der Waals surface area contributed by atoms with Gasteiger partial charge in [0.25, 0.3) is 0 Å². The molecule has 160 valence electrons. The van der Waals surface area contributed by atoms with E-state index >= 15 is 0 Å². The Balaban J connectivity index is 1.49. The second-order valence-corrected chi connectivity index (χ2v) is 8.01. The molecular formula is C25H25NO5. The minimum absolute atomic E-state index is 0.0411. The van der Waals surface area contributed by atoms with Gasteiger partial charge < -0.3 is 14.1 Å². The van der Waals surface area contributed by atoms with Gasteiger partial charge in [-0.25, -0.2) is 4.79 Å². The minimum atomic E-state index is -0.537. The van der Waals surface area contributed by atoms with Gasteiger partial charge in [0.15, 0.2) is 0 Å². The molecule has 1 amide bonds. The van der Waals surface area contributed by atoms with Gasteiger partial charge in [0.1, 0.15) is 12.2 Å². The summed E-state index contributed by atoms with van der Waals surface area (Å²) in [4.78, 5) is 38.9. The quantitative estimate of drug-likeness (QED) is 0.460. The molecule has 1 fully saturated rings. The van der Waals surface area contributed by atoms with Crippen molar-refractivity contribution in [2.45, 2.75) is 40.2 Å². The molecule has 3 aromatic rings. The number of esters is 1. The molecule has 2 aromatic carbocycles. The Bertz CT molecular complexity index is 1230. The maximum absolute atomic E-state index is 12.7. The Morgan fingerprint density at radius 2 is 1.97 bits per heavy atom. The fourth-order valence-electron chi connectivity index (χ4n) is 4.01. The first-order valence-corrected chi connectivity index (χ1v) is 10.5. The number of fused-ring (bicyclic) bond motifs is 1. The Hall–Kier alpha value is -3.41. The average molecular weight is 419 g/mol. The number of anilines is 1. The maximum Gasteiger partial charge on any atom is 0.336 e. The Labute approximate surface area is 180 Å². The smallest absolute Gasteiger partial charge is 0.336 e. The van der Waals surface area contributed by atoms with Crippen LogP contribution in [-0.4, -0.2) is 18.4 Å². The van der Waals surface area contributed by atoms with Crippen molar-refractivity contribution in [3.05, 3.63) is 75.1 Å². The summed E-state index contributed by atoms with van der Waals surface area (Å²) in [6, 6.07) is 12.8. The number of amides is 1. The monoisotopic (exact) mass is 419 g/mol. The van der Waals surface area contributed by atoms with Gasteiger partial charge in [-0.15, -0.1) is 0 Å². The van der Waals surface area contributed by atoms with Crippen LogP contribution in [0.3, 0.4) is 0 Å². The van der Waals surface area contributed by atoms with E-state index in [4.69, 9.17) is 9.15 Å². The highest BCUT2D eigenvalue weighted by atomic mass is 16.5. The summed E-state index contributed by atoms with van der Waals surface area (Å²) in [6.07, 6.45) is 0.940. The van der Waals surface area contributed by atoms with Gasteiger partial charge in [-0.2, -0.15) is 0 Å². The van der Waals surface area contributed by atoms with Gasteiger partial charge in [-0.05, 0) is 49.1 Å². The summed E-state index contributed by atoms with van der Waals surface area (Å²) in [6.45, 7) is 6.24. The van der Waals surface area contributed by atoms with Crippen LogP contribution in [-0.2, 0) is 27.4 Å². The number of rotatable bonds is 5. The molecule has 4 rings (SSSR count). The van der Waals surface area contributed by atoms with Crippen LogP contribution in [0.5, 0.6) is 0 Å². The van der Waals surface area contributed by atoms with Crippen LogP contribution in [0.25, 0.3) is 11.0 Å². The van der Waals surface area contributed by atoms with Gasteiger partial charge in [-0.3, -0.25) is 9.59 Å². The van der Waals surface area contributed by atoms with E-state index in [1.165, 1.54) is 6.07 Å². The molecule has 0 radical (unpaired) electrons. The van der Waals surface area contributed by atoms with Gasteiger partial charge in [0.2, 0.25) is 5.91 Å². The van der Waals surface area contributed by atoms with Crippen LogP contribution >= 0.6 is 0 Å². The van der Waals surface area contributed by atoms with Crippen LogP contribution < -0.4 is 10.5 Å². The lowest BCUT2D eigenvalue weighted by molar-refractivity contribution is -0.149. The Kier molecular flexibility index (Phi) is 5.63. The van der Waals surface area contributed by atoms with Gasteiger partial charge in [0.05, 0.1) is 5.92 Å². The first-order valence-electron chi connectivity index (χ1n) is 10.5. The molecule has 1 aromatic heterocycles. The number of hydrogen-bond donors (Lipinski definition) is 0. The number of carbonyl (C=O) groups is 2. The van der Waals surface area contributed by atoms with E-state index in [1.807, 2.05) is 57.2 Å². The third kappa shape index (κ3) is 4.10. The fraction of sp³-hybridized carbons (Fsp3) is 0.320. The average Bonchev–Trinajstić information content (AvgIpc) is 3.14. The molecule has 0 bridgehead atoms. The molecule has 0 saturated carbocycles. The Morgan fingerprint density at radius 3 is 2.74 bits per heavy atom. The first kappa shape index (κ1) is 20.8. The van der Waals surface area contributed by atoms with E-state index in [0.29, 0.717) is 17.7 Å². The van der Waals surface area contributed by atoms with Crippen molar-refractivity contribution in [1.29, 1.82) is 0 Å². The lowest BCUT2D eigenvalue weighted by Crippen LogP contribution is -2.27. The third-order valence-electron chi connectivity index (χ3n) is 6.00. The van der Waals surface area contributed by atoms with E-state index < -0.39 is 17.5 Å². The molecule has 0 N–H and O–H groups in total. The van der Waals surface area contributed by atoms with Crippen molar-refractivity contribution < 1.29 is 18.7 Å². The fourth-order valence-corrected chi connectivity index (χ4v) is 4.01. The molecule has 0 unspecified atom stereocenters. The van der Waals surface area contributed by atoms with Crippen LogP contribution in [0.1, 0.15) is 35.6 Å². The molecule has 0 spiro atoms. The molecular weight excluding hydrogens is 394 g/mol. The molecule has 1 saturated heterocycles. The van der Waals surface area contributed by atoms with Crippen molar-refractivity contribution in [2.24, 2.45) is 5.92 Å². The number of aryl methyl sites for hydroxylation is 2. The largest absolute Gasteiger partial charge is 0.461 e. The van der Waals surface area contributed by atoms with Crippen molar-refractivity contribution in [3.63, 3.8) is 0 Å². The van der Waals surface area contributed by atoms with Crippen LogP contribution in [0.15, 0.2) is 51.7 Å². The van der Waals surface area contributed by atoms with Crippen LogP contribution in [0.2, 0.25) is 0 Å². The minimum Gasteiger partial charge on any atom is -0.461 e. The van der Waals surface area contributed by atoms with Crippen molar-refractivity contribution >= 4 is 28.5 Å². The maximum atomic E-state index is 12.7. The summed E-state index contributed by atoms with van der Waals surface area (Å²) < 4.78 is 10.8. The zero-order valence-corrected chi connectivity index (χ0v) is 17.9. The highest BCUT2D eigenvalue weighted by Gasteiger charge is 2.36. The summed E-state index contributed by atoms with van der Waals surface area (Å²) >= 11 is 0. The predicted octanol–water partition coefficient (Wildman–Crippen LogP) is 4.07. The topological polar surface area (TPSA) is 76.8 Å². The number of nitrogens with zero attached hydrogens (tertiary/aromatic N) is 1. The molecule has 1 aliphatic rings. The van der Waals surface area contributed by atoms with Gasteiger partial charge in [0, 0.05) is 35.7 Å². The summed E-state index contributed by atoms with van der Waals surface area (Å²) in [5.74, 6) is -1.06. The third-order valence-corrected chi connectivity index (χ3v) is 6.00. The molecule has 6 nitrogen and oxygen atoms in total. The van der Waals surface area contributed by atoms with Gasteiger partial charge in [-0.1, -0.05) is 31.2 Å². The molecule has 2 heterocycles. The van der Waals surface area contributed by atoms with Crippen LogP contribution in [0, 0.1) is 19.8 Å². The highest BCUT2D eigenvalue weighted by Crippen LogP contribution is 2.30. The van der Waals surface area contributed by atoms with E-state index in [0.717, 1.165) is 34.2 Å². The summed E-state index contributed by atoms with van der Waals surface area (Å²) in [5.41, 5.74) is 4.60. The van der Waals surface area contributed by atoms with Crippen molar-refractivity contribution in [2.75, 3.05) is 11.4 Å². The van der Waals surface area contributed by atoms with E-state index in [2.05, 4.69) is 0 Å². The van der Waals surface area contributed by atoms with Gasteiger partial charge >= 0.3 is 11.6 Å². The number of ether oxygens (including phenoxy) is 1. The molecule has 1 aliphatic heterocycles. The molecule has 31 heavy (non-hydrogen) atoms. The van der Waals surface area contributed by atoms with E-state index in [9.17, 15) is 14.4 Å². The SMILES string of the molecule is CCc1ccc2c(COC(=O)[C@@H]3CC(=O)N(c4cccc(C)c4C)C3)cc(=O)oc2c1. The molecule has 6 heteroatoms. The lowest BCUT2D eigenvalue weighted by atomic mass is 10.1. The highest BCUT2D eigenvalue weighted by molar-refractivity contribution is 6.00. The zero-order chi connectivity index (χ0) is 22.1. The number of carbonyl (C=O) groups excluding carboxylic acids is 2. The number of benzene rings is 2. The number of hydrogen-bond acceptors (Lipinski definition) is 5. The van der Waals surface area contributed by atoms with E-state index in [-0.39, 0.29) is 18.9 Å². The predicted molar refractivity (Wildman–Crippen MR) is 118 cm³/mol. The normalized spacial score (nSPS) is 16.2. The molecule has 1 atom stereocenters. The van der Waals surface area contributed by atoms with Crippen LogP contribution in [0.4, 0.5) is 5.69 Å².